The molecule has 0 aromatic heterocycles. The Bertz CT molecular complexity index is 358. The van der Waals surface area contributed by atoms with Gasteiger partial charge in [0.25, 0.3) is 0 Å². The van der Waals surface area contributed by atoms with Crippen molar-refractivity contribution in [2.45, 2.75) is 57.8 Å². The van der Waals surface area contributed by atoms with E-state index in [9.17, 15) is 10.2 Å². The topological polar surface area (TPSA) is 40.5 Å². The Morgan fingerprint density at radius 3 is 2.06 bits per heavy atom. The summed E-state index contributed by atoms with van der Waals surface area (Å²) in [7, 11) is 0. The molecule has 0 radical (unpaired) electrons. The highest BCUT2D eigenvalue weighted by Crippen LogP contribution is 2.39. The number of aromatic hydroxyl groups is 2. The Hall–Kier alpha value is -1.18. The first-order valence-corrected chi connectivity index (χ1v) is 7.23. The van der Waals surface area contributed by atoms with Crippen LogP contribution in [0.5, 0.6) is 11.5 Å². The highest BCUT2D eigenvalue weighted by atomic mass is 16.3. The molecule has 1 atom stereocenters. The lowest BCUT2D eigenvalue weighted by atomic mass is 9.80. The Morgan fingerprint density at radius 2 is 1.56 bits per heavy atom. The lowest BCUT2D eigenvalue weighted by molar-refractivity contribution is 0.364. The molecule has 2 rings (SSSR count). The lowest BCUT2D eigenvalue weighted by Gasteiger charge is -2.25. The van der Waals surface area contributed by atoms with Gasteiger partial charge in [0.2, 0.25) is 0 Å². The summed E-state index contributed by atoms with van der Waals surface area (Å²) in [5.74, 6) is 1.54. The van der Waals surface area contributed by atoms with Gasteiger partial charge in [0, 0.05) is 6.07 Å². The molecule has 2 N–H and O–H groups in total. The zero-order valence-electron chi connectivity index (χ0n) is 11.2. The van der Waals surface area contributed by atoms with E-state index in [1.54, 1.807) is 0 Å². The van der Waals surface area contributed by atoms with Gasteiger partial charge in [-0.05, 0) is 48.8 Å². The fourth-order valence-electron chi connectivity index (χ4n) is 3.39. The summed E-state index contributed by atoms with van der Waals surface area (Å²) in [6.07, 6.45) is 9.02. The molecule has 0 heterocycles. The van der Waals surface area contributed by atoms with Gasteiger partial charge in [0.1, 0.15) is 11.5 Å². The van der Waals surface area contributed by atoms with Gasteiger partial charge in [-0.1, -0.05) is 32.6 Å². The van der Waals surface area contributed by atoms with E-state index in [1.165, 1.54) is 44.6 Å². The molecule has 18 heavy (non-hydrogen) atoms. The van der Waals surface area contributed by atoms with Crippen molar-refractivity contribution in [3.63, 3.8) is 0 Å². The number of phenols is 2. The molecule has 2 nitrogen and oxygen atoms in total. The van der Waals surface area contributed by atoms with Crippen LogP contribution in [-0.4, -0.2) is 10.2 Å². The molecule has 1 aliphatic carbocycles. The second-order valence-electron chi connectivity index (χ2n) is 5.55. The first-order valence-electron chi connectivity index (χ1n) is 7.23. The number of benzene rings is 1. The third-order valence-corrected chi connectivity index (χ3v) is 4.26. The number of phenolic OH excluding ortho intramolecular Hbond substituents is 2. The molecular weight excluding hydrogens is 224 g/mol. The van der Waals surface area contributed by atoms with Crippen LogP contribution in [0.3, 0.4) is 0 Å². The van der Waals surface area contributed by atoms with Crippen LogP contribution >= 0.6 is 0 Å². The predicted octanol–water partition coefficient (Wildman–Crippen LogP) is 4.56. The van der Waals surface area contributed by atoms with Crippen molar-refractivity contribution in [3.05, 3.63) is 23.8 Å². The second-order valence-corrected chi connectivity index (χ2v) is 5.55. The summed E-state index contributed by atoms with van der Waals surface area (Å²) in [5, 5.41) is 19.3. The highest BCUT2D eigenvalue weighted by Gasteiger charge is 2.23. The van der Waals surface area contributed by atoms with Crippen LogP contribution in [0.2, 0.25) is 0 Å². The Labute approximate surface area is 110 Å². The van der Waals surface area contributed by atoms with Gasteiger partial charge >= 0.3 is 0 Å². The van der Waals surface area contributed by atoms with E-state index in [0.29, 0.717) is 11.8 Å². The monoisotopic (exact) mass is 248 g/mol. The molecular formula is C16H24O2. The van der Waals surface area contributed by atoms with Gasteiger partial charge in [0.05, 0.1) is 0 Å². The first kappa shape index (κ1) is 13.3. The molecule has 1 aliphatic rings. The smallest absolute Gasteiger partial charge is 0.119 e. The van der Waals surface area contributed by atoms with Crippen molar-refractivity contribution >= 4 is 0 Å². The van der Waals surface area contributed by atoms with Crippen LogP contribution in [0.25, 0.3) is 0 Å². The number of rotatable bonds is 3. The van der Waals surface area contributed by atoms with Crippen LogP contribution in [0.15, 0.2) is 18.2 Å². The van der Waals surface area contributed by atoms with Crippen molar-refractivity contribution in [3.8, 4) is 11.5 Å². The molecule has 100 valence electrons. The van der Waals surface area contributed by atoms with E-state index in [0.717, 1.165) is 12.0 Å². The molecule has 0 bridgehead atoms. The van der Waals surface area contributed by atoms with Crippen LogP contribution in [0.1, 0.15) is 63.4 Å². The van der Waals surface area contributed by atoms with Gasteiger partial charge in [-0.3, -0.25) is 0 Å². The summed E-state index contributed by atoms with van der Waals surface area (Å²) in [6, 6.07) is 5.04. The normalized spacial score (nSPS) is 19.4. The van der Waals surface area contributed by atoms with Gasteiger partial charge in [-0.25, -0.2) is 0 Å². The van der Waals surface area contributed by atoms with Gasteiger partial charge < -0.3 is 10.2 Å². The standard InChI is InChI=1S/C16H24O2/c1-2-16(12-7-5-3-4-6-8-12)13-9-14(17)11-15(18)10-13/h9-12,16-18H,2-8H2,1H3. The van der Waals surface area contributed by atoms with Crippen molar-refractivity contribution in [2.75, 3.05) is 0 Å². The number of hydrogen-bond acceptors (Lipinski definition) is 2. The fraction of sp³-hybridized carbons (Fsp3) is 0.625. The summed E-state index contributed by atoms with van der Waals surface area (Å²) in [6.45, 7) is 2.21. The van der Waals surface area contributed by atoms with Crippen molar-refractivity contribution in [1.82, 2.24) is 0 Å². The molecule has 0 aliphatic heterocycles. The minimum absolute atomic E-state index is 0.178. The molecule has 1 aromatic rings. The number of hydrogen-bond donors (Lipinski definition) is 2. The third kappa shape index (κ3) is 3.18. The first-order chi connectivity index (χ1) is 8.70. The molecule has 2 heteroatoms. The molecule has 1 saturated carbocycles. The maximum Gasteiger partial charge on any atom is 0.119 e. The average Bonchev–Trinajstić information content (AvgIpc) is 2.58. The SMILES string of the molecule is CCC(c1cc(O)cc(O)c1)C1CCCCCC1. The van der Waals surface area contributed by atoms with E-state index in [1.807, 2.05) is 12.1 Å². The molecule has 1 fully saturated rings. The molecule has 0 spiro atoms. The molecule has 1 unspecified atom stereocenters. The Kier molecular flexibility index (Phi) is 4.51. The highest BCUT2D eigenvalue weighted by molar-refractivity contribution is 5.38. The molecule has 0 saturated heterocycles. The summed E-state index contributed by atoms with van der Waals surface area (Å²) in [4.78, 5) is 0. The predicted molar refractivity (Wildman–Crippen MR) is 74.0 cm³/mol. The summed E-state index contributed by atoms with van der Waals surface area (Å²) in [5.41, 5.74) is 1.10. The van der Waals surface area contributed by atoms with E-state index in [-0.39, 0.29) is 11.5 Å². The second kappa shape index (κ2) is 6.12. The minimum Gasteiger partial charge on any atom is -0.508 e. The lowest BCUT2D eigenvalue weighted by Crippen LogP contribution is -2.11. The van der Waals surface area contributed by atoms with Gasteiger partial charge in [0.15, 0.2) is 0 Å². The van der Waals surface area contributed by atoms with E-state index < -0.39 is 0 Å². The summed E-state index contributed by atoms with van der Waals surface area (Å²) < 4.78 is 0. The van der Waals surface area contributed by atoms with Gasteiger partial charge in [-0.2, -0.15) is 0 Å². The van der Waals surface area contributed by atoms with Crippen LogP contribution in [0, 0.1) is 5.92 Å². The Morgan fingerprint density at radius 1 is 1.00 bits per heavy atom. The maximum atomic E-state index is 9.63. The van der Waals surface area contributed by atoms with E-state index >= 15 is 0 Å². The zero-order chi connectivity index (χ0) is 13.0. The van der Waals surface area contributed by atoms with Crippen LogP contribution < -0.4 is 0 Å². The maximum absolute atomic E-state index is 9.63. The largest absolute Gasteiger partial charge is 0.508 e. The van der Waals surface area contributed by atoms with Crippen LogP contribution in [0.4, 0.5) is 0 Å². The third-order valence-electron chi connectivity index (χ3n) is 4.26. The van der Waals surface area contributed by atoms with E-state index in [2.05, 4.69) is 6.92 Å². The fourth-order valence-corrected chi connectivity index (χ4v) is 3.39. The average molecular weight is 248 g/mol. The van der Waals surface area contributed by atoms with E-state index in [4.69, 9.17) is 0 Å². The molecule has 0 amide bonds. The quantitative estimate of drug-likeness (QED) is 0.770. The van der Waals surface area contributed by atoms with Gasteiger partial charge in [-0.15, -0.1) is 0 Å². The zero-order valence-corrected chi connectivity index (χ0v) is 11.2. The van der Waals surface area contributed by atoms with Crippen molar-refractivity contribution < 1.29 is 10.2 Å². The van der Waals surface area contributed by atoms with Crippen molar-refractivity contribution in [1.29, 1.82) is 0 Å². The minimum atomic E-state index is 0.178. The van der Waals surface area contributed by atoms with Crippen molar-refractivity contribution in [2.24, 2.45) is 5.92 Å². The molecule has 1 aromatic carbocycles. The Balaban J connectivity index is 2.20. The summed E-state index contributed by atoms with van der Waals surface area (Å²) >= 11 is 0. The van der Waals surface area contributed by atoms with Crippen LogP contribution in [-0.2, 0) is 0 Å².